The summed E-state index contributed by atoms with van der Waals surface area (Å²) in [6.07, 6.45) is 1.32. The summed E-state index contributed by atoms with van der Waals surface area (Å²) in [4.78, 5) is 11.1. The van der Waals surface area contributed by atoms with Crippen LogP contribution in [0.15, 0.2) is 42.5 Å². The first-order chi connectivity index (χ1) is 12.6. The summed E-state index contributed by atoms with van der Waals surface area (Å²) in [5.74, 6) is 1.30. The summed E-state index contributed by atoms with van der Waals surface area (Å²) < 4.78 is 17.1. The van der Waals surface area contributed by atoms with E-state index < -0.39 is 5.91 Å². The highest BCUT2D eigenvalue weighted by atomic mass is 16.5. The van der Waals surface area contributed by atoms with Crippen molar-refractivity contribution in [3.63, 3.8) is 0 Å². The first-order valence-corrected chi connectivity index (χ1v) is 8.48. The number of rotatable bonds is 9. The van der Waals surface area contributed by atoms with Crippen molar-refractivity contribution >= 4 is 5.91 Å². The lowest BCUT2D eigenvalue weighted by Gasteiger charge is -2.20. The Morgan fingerprint density at radius 2 is 1.73 bits per heavy atom. The molecule has 6 heteroatoms. The molecule has 0 saturated heterocycles. The second-order valence-corrected chi connectivity index (χ2v) is 5.89. The molecule has 0 aliphatic heterocycles. The molecule has 0 radical (unpaired) electrons. The van der Waals surface area contributed by atoms with E-state index in [4.69, 9.17) is 19.4 Å². The molecule has 140 valence electrons. The van der Waals surface area contributed by atoms with Crippen LogP contribution in [0.4, 0.5) is 0 Å². The van der Waals surface area contributed by atoms with Gasteiger partial charge in [0.1, 0.15) is 6.10 Å². The van der Waals surface area contributed by atoms with Gasteiger partial charge in [0.05, 0.1) is 14.2 Å². The van der Waals surface area contributed by atoms with Crippen LogP contribution in [-0.4, -0.2) is 25.3 Å². The zero-order valence-corrected chi connectivity index (χ0v) is 15.3. The smallest absolute Gasteiger partial charge is 0.243 e. The zero-order valence-electron chi connectivity index (χ0n) is 15.3. The maximum Gasteiger partial charge on any atom is 0.243 e. The van der Waals surface area contributed by atoms with E-state index >= 15 is 0 Å². The number of methoxy groups -OCH3 is 2. The van der Waals surface area contributed by atoms with Gasteiger partial charge in [0.2, 0.25) is 11.7 Å². The molecule has 0 heterocycles. The Morgan fingerprint density at radius 3 is 2.27 bits per heavy atom. The Bertz CT molecular complexity index is 692. The Hall–Kier alpha value is -2.73. The summed E-state index contributed by atoms with van der Waals surface area (Å²) in [7, 11) is 3.16. The third kappa shape index (κ3) is 5.13. The first-order valence-electron chi connectivity index (χ1n) is 8.48. The largest absolute Gasteiger partial charge is 0.493 e. The van der Waals surface area contributed by atoms with Gasteiger partial charge in [0.15, 0.2) is 11.5 Å². The van der Waals surface area contributed by atoms with Crippen molar-refractivity contribution in [2.75, 3.05) is 14.2 Å². The molecule has 26 heavy (non-hydrogen) atoms. The van der Waals surface area contributed by atoms with Crippen LogP contribution in [0.5, 0.6) is 17.2 Å². The molecule has 2 rings (SSSR count). The molecule has 1 unspecified atom stereocenters. The molecule has 2 N–H and O–H groups in total. The molecule has 2 aromatic rings. The van der Waals surface area contributed by atoms with Crippen LogP contribution < -0.4 is 19.7 Å². The van der Waals surface area contributed by atoms with Gasteiger partial charge in [-0.15, -0.1) is 0 Å². The van der Waals surface area contributed by atoms with Crippen molar-refractivity contribution in [1.82, 2.24) is 5.48 Å². The van der Waals surface area contributed by atoms with Crippen molar-refractivity contribution in [2.24, 2.45) is 0 Å². The number of benzene rings is 2. The number of ether oxygens (including phenoxy) is 3. The van der Waals surface area contributed by atoms with Gasteiger partial charge in [-0.25, -0.2) is 5.48 Å². The van der Waals surface area contributed by atoms with Crippen molar-refractivity contribution < 1.29 is 24.2 Å². The number of aryl methyl sites for hydroxylation is 1. The average molecular weight is 359 g/mol. The number of amides is 1. The van der Waals surface area contributed by atoms with Gasteiger partial charge in [-0.3, -0.25) is 10.0 Å². The zero-order chi connectivity index (χ0) is 18.9. The maximum atomic E-state index is 11.1. The molecule has 0 aliphatic rings. The highest BCUT2D eigenvalue weighted by Crippen LogP contribution is 2.41. The van der Waals surface area contributed by atoms with Gasteiger partial charge in [-0.2, -0.15) is 0 Å². The Kier molecular flexibility index (Phi) is 7.29. The number of carbonyl (C=O) groups is 1. The molecule has 2 aromatic carbocycles. The maximum absolute atomic E-state index is 11.1. The summed E-state index contributed by atoms with van der Waals surface area (Å²) in [6.45, 7) is 1.97. The highest BCUT2D eigenvalue weighted by molar-refractivity contribution is 5.74. The summed E-state index contributed by atoms with van der Waals surface area (Å²) >= 11 is 0. The molecule has 1 amide bonds. The Labute approximate surface area is 153 Å². The van der Waals surface area contributed by atoms with Crippen molar-refractivity contribution in [3.8, 4) is 17.2 Å². The average Bonchev–Trinajstić information content (AvgIpc) is 2.68. The molecule has 6 nitrogen and oxygen atoms in total. The monoisotopic (exact) mass is 359 g/mol. The van der Waals surface area contributed by atoms with Crippen molar-refractivity contribution in [3.05, 3.63) is 53.6 Å². The van der Waals surface area contributed by atoms with Crippen LogP contribution in [0.3, 0.4) is 0 Å². The minimum Gasteiger partial charge on any atom is -0.493 e. The van der Waals surface area contributed by atoms with Gasteiger partial charge in [-0.1, -0.05) is 30.3 Å². The minimum absolute atomic E-state index is 0.168. The number of nitrogens with one attached hydrogen (secondary N) is 1. The Balaban J connectivity index is 2.19. The van der Waals surface area contributed by atoms with Gasteiger partial charge in [0.25, 0.3) is 0 Å². The van der Waals surface area contributed by atoms with E-state index in [0.717, 1.165) is 11.1 Å². The summed E-state index contributed by atoms with van der Waals surface area (Å²) in [5, 5.41) is 8.55. The molecule has 0 aliphatic carbocycles. The first kappa shape index (κ1) is 19.6. The van der Waals surface area contributed by atoms with Crippen LogP contribution >= 0.6 is 0 Å². The fourth-order valence-electron chi connectivity index (χ4n) is 2.67. The van der Waals surface area contributed by atoms with Gasteiger partial charge in [-0.05, 0) is 43.0 Å². The minimum atomic E-state index is -0.402. The van der Waals surface area contributed by atoms with Crippen LogP contribution in [-0.2, 0) is 11.2 Å². The number of hydroxylamine groups is 1. The van der Waals surface area contributed by atoms with Crippen LogP contribution in [0, 0.1) is 0 Å². The second kappa shape index (κ2) is 9.68. The molecule has 0 saturated carbocycles. The van der Waals surface area contributed by atoms with Gasteiger partial charge < -0.3 is 14.2 Å². The second-order valence-electron chi connectivity index (χ2n) is 5.89. The molecular weight excluding hydrogens is 334 g/mol. The quantitative estimate of drug-likeness (QED) is 0.528. The fourth-order valence-corrected chi connectivity index (χ4v) is 2.67. The van der Waals surface area contributed by atoms with E-state index in [1.165, 1.54) is 0 Å². The van der Waals surface area contributed by atoms with E-state index in [0.29, 0.717) is 30.1 Å². The number of carbonyl (C=O) groups excluding carboxylic acids is 1. The van der Waals surface area contributed by atoms with Crippen LogP contribution in [0.25, 0.3) is 0 Å². The normalized spacial score (nSPS) is 11.5. The third-order valence-electron chi connectivity index (χ3n) is 4.08. The van der Waals surface area contributed by atoms with Gasteiger partial charge in [0, 0.05) is 6.42 Å². The molecule has 0 aromatic heterocycles. The predicted molar refractivity (Wildman–Crippen MR) is 97.9 cm³/mol. The lowest BCUT2D eigenvalue weighted by molar-refractivity contribution is -0.129. The number of hydrogen-bond donors (Lipinski definition) is 2. The van der Waals surface area contributed by atoms with Crippen LogP contribution in [0.2, 0.25) is 0 Å². The van der Waals surface area contributed by atoms with E-state index in [1.54, 1.807) is 19.7 Å². The molecular formula is C20H25NO5. The van der Waals surface area contributed by atoms with Crippen molar-refractivity contribution in [1.29, 1.82) is 0 Å². The fraction of sp³-hybridized carbons (Fsp3) is 0.350. The lowest BCUT2D eigenvalue weighted by Crippen LogP contribution is -2.18. The SMILES string of the molecule is COc1cc(CCCC(=O)NO)cc(OC)c1OC(C)c1ccccc1. The number of hydrogen-bond acceptors (Lipinski definition) is 5. The standard InChI is InChI=1S/C20H25NO5/c1-14(16-9-5-4-6-10-16)26-20-17(24-2)12-15(13-18(20)25-3)8-7-11-19(22)21-23/h4-6,9-10,12-14,23H,7-8,11H2,1-3H3,(H,21,22). The lowest BCUT2D eigenvalue weighted by atomic mass is 10.1. The molecule has 0 bridgehead atoms. The third-order valence-corrected chi connectivity index (χ3v) is 4.08. The van der Waals surface area contributed by atoms with Crippen molar-refractivity contribution in [2.45, 2.75) is 32.3 Å². The van der Waals surface area contributed by atoms with Crippen LogP contribution in [0.1, 0.15) is 37.0 Å². The summed E-state index contributed by atoms with van der Waals surface area (Å²) in [6, 6.07) is 13.7. The summed E-state index contributed by atoms with van der Waals surface area (Å²) in [5.41, 5.74) is 3.65. The molecule has 1 atom stereocenters. The van der Waals surface area contributed by atoms with E-state index in [2.05, 4.69) is 0 Å². The molecule has 0 spiro atoms. The van der Waals surface area contributed by atoms with Gasteiger partial charge >= 0.3 is 0 Å². The van der Waals surface area contributed by atoms with E-state index in [-0.39, 0.29) is 12.5 Å². The van der Waals surface area contributed by atoms with E-state index in [9.17, 15) is 4.79 Å². The Morgan fingerprint density at radius 1 is 1.12 bits per heavy atom. The predicted octanol–water partition coefficient (Wildman–Crippen LogP) is 3.67. The van der Waals surface area contributed by atoms with E-state index in [1.807, 2.05) is 49.4 Å². The highest BCUT2D eigenvalue weighted by Gasteiger charge is 2.18. The molecule has 0 fully saturated rings. The topological polar surface area (TPSA) is 77.0 Å².